The maximum absolute atomic E-state index is 13.9. The van der Waals surface area contributed by atoms with Crippen LogP contribution in [0.4, 0.5) is 19.5 Å². The van der Waals surface area contributed by atoms with Gasteiger partial charge >= 0.3 is 0 Å². The van der Waals surface area contributed by atoms with Crippen LogP contribution in [-0.2, 0) is 0 Å². The SMILES string of the molecule is Nc1sc(-c2c(F)cccc2F)nc1C(=O)Nc1cnsc1OCCO. The molecule has 136 valence electrons. The first-order chi connectivity index (χ1) is 12.5. The predicted molar refractivity (Wildman–Crippen MR) is 94.5 cm³/mol. The highest BCUT2D eigenvalue weighted by Crippen LogP contribution is 2.34. The van der Waals surface area contributed by atoms with Crippen LogP contribution in [0, 0.1) is 11.6 Å². The number of halogens is 2. The molecule has 1 aromatic carbocycles. The lowest BCUT2D eigenvalue weighted by molar-refractivity contribution is 0.102. The summed E-state index contributed by atoms with van der Waals surface area (Å²) in [5.74, 6) is -2.27. The van der Waals surface area contributed by atoms with E-state index in [2.05, 4.69) is 14.7 Å². The van der Waals surface area contributed by atoms with E-state index < -0.39 is 17.5 Å². The summed E-state index contributed by atoms with van der Waals surface area (Å²) in [4.78, 5) is 16.4. The molecule has 0 radical (unpaired) electrons. The Bertz CT molecular complexity index is 925. The van der Waals surface area contributed by atoms with Crippen LogP contribution >= 0.6 is 22.9 Å². The first kappa shape index (κ1) is 18.2. The molecule has 1 amide bonds. The highest BCUT2D eigenvalue weighted by atomic mass is 32.1. The third kappa shape index (κ3) is 3.64. The van der Waals surface area contributed by atoms with Crippen molar-refractivity contribution in [3.8, 4) is 15.6 Å². The quantitative estimate of drug-likeness (QED) is 0.589. The van der Waals surface area contributed by atoms with E-state index in [0.29, 0.717) is 5.06 Å². The van der Waals surface area contributed by atoms with E-state index in [-0.39, 0.29) is 40.2 Å². The Morgan fingerprint density at radius 3 is 2.77 bits per heavy atom. The second-order valence-corrected chi connectivity index (χ2v) is 6.68. The Morgan fingerprint density at radius 1 is 1.35 bits per heavy atom. The zero-order valence-electron chi connectivity index (χ0n) is 13.0. The first-order valence-corrected chi connectivity index (χ1v) is 8.80. The molecular weight excluding hydrogens is 386 g/mol. The van der Waals surface area contributed by atoms with Crippen LogP contribution in [0.3, 0.4) is 0 Å². The molecule has 3 rings (SSSR count). The smallest absolute Gasteiger partial charge is 0.277 e. The molecule has 0 aliphatic carbocycles. The number of aliphatic hydroxyl groups is 1. The second-order valence-electron chi connectivity index (χ2n) is 4.88. The maximum atomic E-state index is 13.9. The third-order valence-electron chi connectivity index (χ3n) is 3.16. The highest BCUT2D eigenvalue weighted by molar-refractivity contribution is 7.19. The summed E-state index contributed by atoms with van der Waals surface area (Å²) in [5, 5.41) is 11.6. The van der Waals surface area contributed by atoms with Crippen molar-refractivity contribution < 1.29 is 23.4 Å². The average molecular weight is 398 g/mol. The number of rotatable bonds is 6. The molecule has 0 aliphatic rings. The Morgan fingerprint density at radius 2 is 2.08 bits per heavy atom. The van der Waals surface area contributed by atoms with Gasteiger partial charge in [0.15, 0.2) is 5.69 Å². The summed E-state index contributed by atoms with van der Waals surface area (Å²) in [6.45, 7) is -0.150. The number of aromatic nitrogens is 2. The van der Waals surface area contributed by atoms with Crippen LogP contribution in [0.1, 0.15) is 10.5 Å². The van der Waals surface area contributed by atoms with Crippen molar-refractivity contribution >= 4 is 39.5 Å². The Kier molecular flexibility index (Phi) is 5.40. The van der Waals surface area contributed by atoms with E-state index in [1.807, 2.05) is 0 Å². The lowest BCUT2D eigenvalue weighted by Crippen LogP contribution is -2.14. The molecule has 3 aromatic rings. The molecular formula is C15H12F2N4O3S2. The number of carbonyl (C=O) groups excluding carboxylic acids is 1. The fourth-order valence-electron chi connectivity index (χ4n) is 2.04. The number of nitrogen functional groups attached to an aromatic ring is 1. The van der Waals surface area contributed by atoms with Crippen molar-refractivity contribution in [3.63, 3.8) is 0 Å². The summed E-state index contributed by atoms with van der Waals surface area (Å²) in [5.41, 5.74) is 5.58. The number of thiazole rings is 1. The summed E-state index contributed by atoms with van der Waals surface area (Å²) in [6.07, 6.45) is 1.37. The monoisotopic (exact) mass is 398 g/mol. The van der Waals surface area contributed by atoms with Gasteiger partial charge in [0.1, 0.15) is 33.9 Å². The summed E-state index contributed by atoms with van der Waals surface area (Å²) in [7, 11) is 0. The minimum atomic E-state index is -0.799. The van der Waals surface area contributed by atoms with E-state index >= 15 is 0 Å². The van der Waals surface area contributed by atoms with Crippen molar-refractivity contribution in [2.75, 3.05) is 24.3 Å². The Balaban J connectivity index is 1.86. The molecule has 0 atom stereocenters. The third-order valence-corrected chi connectivity index (χ3v) is 4.77. The number of aliphatic hydroxyl groups excluding tert-OH is 1. The van der Waals surface area contributed by atoms with Crippen LogP contribution < -0.4 is 15.8 Å². The molecule has 0 saturated heterocycles. The number of benzene rings is 1. The second kappa shape index (κ2) is 7.72. The van der Waals surface area contributed by atoms with Gasteiger partial charge in [-0.25, -0.2) is 13.8 Å². The molecule has 2 aromatic heterocycles. The summed E-state index contributed by atoms with van der Waals surface area (Å²) in [6, 6.07) is 3.42. The van der Waals surface area contributed by atoms with Crippen molar-refractivity contribution in [2.24, 2.45) is 0 Å². The lowest BCUT2D eigenvalue weighted by atomic mass is 10.2. The van der Waals surface area contributed by atoms with Gasteiger partial charge < -0.3 is 20.9 Å². The number of anilines is 2. The molecule has 11 heteroatoms. The number of nitrogens with zero attached hydrogens (tertiary/aromatic N) is 2. The normalized spacial score (nSPS) is 10.7. The van der Waals surface area contributed by atoms with Crippen molar-refractivity contribution in [3.05, 3.63) is 41.7 Å². The van der Waals surface area contributed by atoms with E-state index in [9.17, 15) is 13.6 Å². The van der Waals surface area contributed by atoms with Gasteiger partial charge in [-0.2, -0.15) is 4.37 Å². The molecule has 26 heavy (non-hydrogen) atoms. The summed E-state index contributed by atoms with van der Waals surface area (Å²) < 4.78 is 36.9. The molecule has 0 fully saturated rings. The molecule has 0 bridgehead atoms. The van der Waals surface area contributed by atoms with Gasteiger partial charge in [0, 0.05) is 11.5 Å². The largest absolute Gasteiger partial charge is 0.479 e. The molecule has 0 saturated carbocycles. The summed E-state index contributed by atoms with van der Waals surface area (Å²) >= 11 is 1.79. The van der Waals surface area contributed by atoms with Crippen molar-refractivity contribution in [2.45, 2.75) is 0 Å². The maximum Gasteiger partial charge on any atom is 0.277 e. The number of nitrogens with one attached hydrogen (secondary N) is 1. The van der Waals surface area contributed by atoms with E-state index in [4.69, 9.17) is 15.6 Å². The molecule has 0 aliphatic heterocycles. The average Bonchev–Trinajstić information content (AvgIpc) is 3.19. The Hall–Kier alpha value is -2.63. The van der Waals surface area contributed by atoms with Crippen molar-refractivity contribution in [1.29, 1.82) is 0 Å². The van der Waals surface area contributed by atoms with Gasteiger partial charge in [-0.05, 0) is 12.1 Å². The standard InChI is InChI=1S/C15H12F2N4O3S2/c16-7-2-1-3-8(17)10(7)14-21-11(12(18)25-14)13(23)20-9-6-19-26-15(9)24-5-4-22/h1-3,6,22H,4-5,18H2,(H,20,23). The van der Waals surface area contributed by atoms with Crippen LogP contribution in [-0.4, -0.2) is 33.6 Å². The van der Waals surface area contributed by atoms with Gasteiger partial charge in [0.2, 0.25) is 5.06 Å². The number of nitrogens with two attached hydrogens (primary N) is 1. The number of amides is 1. The molecule has 2 heterocycles. The van der Waals surface area contributed by atoms with E-state index in [1.54, 1.807) is 0 Å². The van der Waals surface area contributed by atoms with Crippen LogP contribution in [0.2, 0.25) is 0 Å². The molecule has 7 nitrogen and oxygen atoms in total. The van der Waals surface area contributed by atoms with Gasteiger partial charge in [-0.1, -0.05) is 17.4 Å². The topological polar surface area (TPSA) is 110 Å². The number of carbonyl (C=O) groups is 1. The van der Waals surface area contributed by atoms with E-state index in [0.717, 1.165) is 35.0 Å². The zero-order valence-corrected chi connectivity index (χ0v) is 14.7. The van der Waals surface area contributed by atoms with Crippen LogP contribution in [0.15, 0.2) is 24.4 Å². The Labute approximate surface area is 154 Å². The van der Waals surface area contributed by atoms with Crippen LogP contribution in [0.25, 0.3) is 10.6 Å². The van der Waals surface area contributed by atoms with Gasteiger partial charge in [0.25, 0.3) is 5.91 Å². The minimum absolute atomic E-state index is 0.0150. The number of hydrogen-bond donors (Lipinski definition) is 3. The minimum Gasteiger partial charge on any atom is -0.479 e. The number of ether oxygens (including phenoxy) is 1. The van der Waals surface area contributed by atoms with Crippen LogP contribution in [0.5, 0.6) is 5.06 Å². The molecule has 0 unspecified atom stereocenters. The molecule has 0 spiro atoms. The fraction of sp³-hybridized carbons (Fsp3) is 0.133. The van der Waals surface area contributed by atoms with Crippen molar-refractivity contribution in [1.82, 2.24) is 9.36 Å². The predicted octanol–water partition coefficient (Wildman–Crippen LogP) is 2.75. The highest BCUT2D eigenvalue weighted by Gasteiger charge is 2.22. The van der Waals surface area contributed by atoms with Gasteiger partial charge in [-0.15, -0.1) is 0 Å². The lowest BCUT2D eigenvalue weighted by Gasteiger charge is -2.05. The first-order valence-electron chi connectivity index (χ1n) is 7.21. The fourth-order valence-corrected chi connectivity index (χ4v) is 3.51. The van der Waals surface area contributed by atoms with Gasteiger partial charge in [0.05, 0.1) is 18.4 Å². The van der Waals surface area contributed by atoms with Gasteiger partial charge in [-0.3, -0.25) is 4.79 Å². The van der Waals surface area contributed by atoms with E-state index in [1.165, 1.54) is 12.3 Å². The number of hydrogen-bond acceptors (Lipinski definition) is 8. The molecule has 4 N–H and O–H groups in total. The zero-order chi connectivity index (χ0) is 18.7.